The van der Waals surface area contributed by atoms with Crippen molar-refractivity contribution in [2.24, 2.45) is 0 Å². The lowest BCUT2D eigenvalue weighted by Gasteiger charge is -2.11. The second-order valence-electron chi connectivity index (χ2n) is 4.44. The van der Waals surface area contributed by atoms with Crippen molar-refractivity contribution in [2.45, 2.75) is 6.92 Å². The molecule has 0 aromatic heterocycles. The van der Waals surface area contributed by atoms with Crippen molar-refractivity contribution < 1.29 is 13.6 Å². The maximum atomic E-state index is 14.1. The van der Waals surface area contributed by atoms with E-state index in [-0.39, 0.29) is 5.82 Å². The predicted molar refractivity (Wildman–Crippen MR) is 75.7 cm³/mol. The molecule has 1 N–H and O–H groups in total. The summed E-state index contributed by atoms with van der Waals surface area (Å²) in [5.74, 6) is -0.791. The topological polar surface area (TPSA) is 21.3 Å². The van der Waals surface area contributed by atoms with Gasteiger partial charge in [0, 0.05) is 5.56 Å². The van der Waals surface area contributed by atoms with Gasteiger partial charge in [0.2, 0.25) is 0 Å². The zero-order valence-electron chi connectivity index (χ0n) is 11.3. The van der Waals surface area contributed by atoms with Crippen molar-refractivity contribution in [3.63, 3.8) is 0 Å². The van der Waals surface area contributed by atoms with Gasteiger partial charge in [-0.25, -0.2) is 8.78 Å². The van der Waals surface area contributed by atoms with Crippen LogP contribution >= 0.6 is 0 Å². The standard InChI is InChI=1S/C16H15F2NO/c1-10-4-6-13(17)9-15(10)12-5-7-14(16(18)8-12)11(2)19-20-3/h4-9,19H,2H2,1,3H3. The zero-order valence-corrected chi connectivity index (χ0v) is 11.3. The molecule has 0 heterocycles. The summed E-state index contributed by atoms with van der Waals surface area (Å²) in [4.78, 5) is 4.70. The zero-order chi connectivity index (χ0) is 14.7. The fraction of sp³-hybridized carbons (Fsp3) is 0.125. The van der Waals surface area contributed by atoms with Crippen LogP contribution in [0.3, 0.4) is 0 Å². The Morgan fingerprint density at radius 3 is 2.55 bits per heavy atom. The predicted octanol–water partition coefficient (Wildman–Crippen LogP) is 4.06. The number of rotatable bonds is 4. The summed E-state index contributed by atoms with van der Waals surface area (Å²) in [6.07, 6.45) is 0. The third-order valence-electron chi connectivity index (χ3n) is 3.03. The highest BCUT2D eigenvalue weighted by Gasteiger charge is 2.10. The smallest absolute Gasteiger partial charge is 0.133 e. The number of hydrogen-bond donors (Lipinski definition) is 1. The number of aryl methyl sites for hydroxylation is 1. The van der Waals surface area contributed by atoms with Gasteiger partial charge in [-0.3, -0.25) is 10.3 Å². The highest BCUT2D eigenvalue weighted by Crippen LogP contribution is 2.27. The van der Waals surface area contributed by atoms with E-state index in [0.717, 1.165) is 5.56 Å². The summed E-state index contributed by atoms with van der Waals surface area (Å²) in [6.45, 7) is 5.53. The maximum Gasteiger partial charge on any atom is 0.133 e. The normalized spacial score (nSPS) is 10.4. The number of hydrogen-bond acceptors (Lipinski definition) is 2. The summed E-state index contributed by atoms with van der Waals surface area (Å²) in [5.41, 5.74) is 5.29. The van der Waals surface area contributed by atoms with E-state index in [4.69, 9.17) is 4.84 Å². The Morgan fingerprint density at radius 1 is 1.15 bits per heavy atom. The second-order valence-corrected chi connectivity index (χ2v) is 4.44. The van der Waals surface area contributed by atoms with E-state index in [1.807, 2.05) is 6.92 Å². The van der Waals surface area contributed by atoms with Crippen LogP contribution in [0.2, 0.25) is 0 Å². The summed E-state index contributed by atoms with van der Waals surface area (Å²) >= 11 is 0. The van der Waals surface area contributed by atoms with Gasteiger partial charge in [-0.05, 0) is 47.9 Å². The molecule has 0 spiro atoms. The molecule has 0 fully saturated rings. The van der Waals surface area contributed by atoms with Gasteiger partial charge in [0.25, 0.3) is 0 Å². The minimum atomic E-state index is -0.444. The molecule has 2 aromatic rings. The van der Waals surface area contributed by atoms with Crippen molar-refractivity contribution in [3.8, 4) is 11.1 Å². The summed E-state index contributed by atoms with van der Waals surface area (Å²) < 4.78 is 27.4. The first kappa shape index (κ1) is 14.2. The van der Waals surface area contributed by atoms with E-state index >= 15 is 0 Å². The van der Waals surface area contributed by atoms with E-state index in [2.05, 4.69) is 12.1 Å². The van der Waals surface area contributed by atoms with Crippen molar-refractivity contribution in [1.82, 2.24) is 5.48 Å². The number of halogens is 2. The van der Waals surface area contributed by atoms with Crippen LogP contribution in [0.4, 0.5) is 8.78 Å². The maximum absolute atomic E-state index is 14.1. The Balaban J connectivity index is 2.43. The number of hydroxylamine groups is 1. The highest BCUT2D eigenvalue weighted by atomic mass is 19.1. The molecule has 0 atom stereocenters. The Morgan fingerprint density at radius 2 is 1.90 bits per heavy atom. The lowest BCUT2D eigenvalue weighted by molar-refractivity contribution is 0.136. The number of benzene rings is 2. The first-order chi connectivity index (χ1) is 9.52. The van der Waals surface area contributed by atoms with Gasteiger partial charge in [0.15, 0.2) is 0 Å². The van der Waals surface area contributed by atoms with E-state index in [0.29, 0.717) is 22.4 Å². The van der Waals surface area contributed by atoms with Gasteiger partial charge < -0.3 is 0 Å². The molecule has 20 heavy (non-hydrogen) atoms. The van der Waals surface area contributed by atoms with Crippen molar-refractivity contribution in [2.75, 3.05) is 7.11 Å². The van der Waals surface area contributed by atoms with E-state index in [1.165, 1.54) is 25.3 Å². The van der Waals surface area contributed by atoms with Crippen molar-refractivity contribution in [3.05, 3.63) is 65.7 Å². The Labute approximate surface area is 116 Å². The molecule has 2 nitrogen and oxygen atoms in total. The average molecular weight is 275 g/mol. The minimum absolute atomic E-state index is 0.310. The molecule has 2 aromatic carbocycles. The Kier molecular flexibility index (Phi) is 4.15. The Bertz CT molecular complexity index is 653. The minimum Gasteiger partial charge on any atom is -0.279 e. The lowest BCUT2D eigenvalue weighted by Crippen LogP contribution is -2.10. The number of nitrogens with one attached hydrogen (secondary N) is 1. The monoisotopic (exact) mass is 275 g/mol. The van der Waals surface area contributed by atoms with Gasteiger partial charge in [-0.2, -0.15) is 0 Å². The van der Waals surface area contributed by atoms with Gasteiger partial charge in [0.05, 0.1) is 12.8 Å². The molecule has 2 rings (SSSR count). The van der Waals surface area contributed by atoms with E-state index < -0.39 is 5.82 Å². The van der Waals surface area contributed by atoms with Crippen LogP contribution in [0.15, 0.2) is 43.0 Å². The van der Waals surface area contributed by atoms with Gasteiger partial charge in [0.1, 0.15) is 11.6 Å². The van der Waals surface area contributed by atoms with Crippen molar-refractivity contribution >= 4 is 5.70 Å². The molecule has 0 aliphatic heterocycles. The van der Waals surface area contributed by atoms with Crippen LogP contribution in [0.1, 0.15) is 11.1 Å². The molecule has 0 aliphatic carbocycles. The van der Waals surface area contributed by atoms with E-state index in [9.17, 15) is 8.78 Å². The second kappa shape index (κ2) is 5.84. The van der Waals surface area contributed by atoms with Gasteiger partial charge >= 0.3 is 0 Å². The van der Waals surface area contributed by atoms with Gasteiger partial charge in [-0.15, -0.1) is 0 Å². The first-order valence-corrected chi connectivity index (χ1v) is 6.07. The highest BCUT2D eigenvalue weighted by molar-refractivity contribution is 5.71. The summed E-state index contributed by atoms with van der Waals surface area (Å²) in [6, 6.07) is 9.12. The van der Waals surface area contributed by atoms with Crippen LogP contribution in [0.25, 0.3) is 16.8 Å². The average Bonchev–Trinajstić information content (AvgIpc) is 2.41. The molecule has 4 heteroatoms. The van der Waals surface area contributed by atoms with Crippen molar-refractivity contribution in [1.29, 1.82) is 0 Å². The van der Waals surface area contributed by atoms with Crippen LogP contribution < -0.4 is 5.48 Å². The fourth-order valence-electron chi connectivity index (χ4n) is 2.01. The molecular formula is C16H15F2NO. The molecular weight excluding hydrogens is 260 g/mol. The quantitative estimate of drug-likeness (QED) is 0.849. The first-order valence-electron chi connectivity index (χ1n) is 6.07. The Hall–Kier alpha value is -2.20. The van der Waals surface area contributed by atoms with Crippen LogP contribution in [-0.4, -0.2) is 7.11 Å². The lowest BCUT2D eigenvalue weighted by atomic mass is 9.98. The van der Waals surface area contributed by atoms with Crippen LogP contribution in [0.5, 0.6) is 0 Å². The largest absolute Gasteiger partial charge is 0.279 e. The third kappa shape index (κ3) is 2.86. The van der Waals surface area contributed by atoms with Crippen LogP contribution in [0, 0.1) is 18.6 Å². The molecule has 0 saturated heterocycles. The van der Waals surface area contributed by atoms with E-state index in [1.54, 1.807) is 18.2 Å². The molecule has 104 valence electrons. The van der Waals surface area contributed by atoms with Crippen LogP contribution in [-0.2, 0) is 4.84 Å². The van der Waals surface area contributed by atoms with Gasteiger partial charge in [-0.1, -0.05) is 18.7 Å². The summed E-state index contributed by atoms with van der Waals surface area (Å²) in [5, 5.41) is 0. The third-order valence-corrected chi connectivity index (χ3v) is 3.03. The molecule has 0 radical (unpaired) electrons. The SMILES string of the molecule is C=C(NOC)c1ccc(-c2cc(F)ccc2C)cc1F. The fourth-order valence-corrected chi connectivity index (χ4v) is 2.01. The molecule has 0 amide bonds. The molecule has 0 unspecified atom stereocenters. The summed E-state index contributed by atoms with van der Waals surface area (Å²) in [7, 11) is 1.42. The molecule has 0 saturated carbocycles. The molecule has 0 aliphatic rings. The molecule has 0 bridgehead atoms.